The van der Waals surface area contributed by atoms with Gasteiger partial charge in [-0.25, -0.2) is 0 Å². The number of amides is 2. The van der Waals surface area contributed by atoms with Gasteiger partial charge in [0.2, 0.25) is 0 Å². The van der Waals surface area contributed by atoms with Crippen LogP contribution < -0.4 is 10.6 Å². The quantitative estimate of drug-likeness (QED) is 0.477. The molecule has 0 fully saturated rings. The molecule has 3 aromatic carbocycles. The van der Waals surface area contributed by atoms with E-state index in [2.05, 4.69) is 20.8 Å². The zero-order chi connectivity index (χ0) is 20.4. The van der Waals surface area contributed by atoms with E-state index < -0.39 is 0 Å². The summed E-state index contributed by atoms with van der Waals surface area (Å²) in [5, 5.41) is 14.6. The zero-order valence-electron chi connectivity index (χ0n) is 16.1. The van der Waals surface area contributed by atoms with Crippen LogP contribution in [-0.4, -0.2) is 22.0 Å². The van der Waals surface area contributed by atoms with E-state index in [1.807, 2.05) is 50.2 Å². The van der Waals surface area contributed by atoms with Crippen LogP contribution in [0.1, 0.15) is 32.1 Å². The molecule has 0 unspecified atom stereocenters. The molecule has 6 heteroatoms. The third-order valence-electron chi connectivity index (χ3n) is 4.81. The van der Waals surface area contributed by atoms with E-state index in [0.29, 0.717) is 22.5 Å². The number of nitrogens with zero attached hydrogens (tertiary/aromatic N) is 1. The number of carbonyl (C=O) groups is 2. The van der Waals surface area contributed by atoms with Crippen molar-refractivity contribution in [2.75, 3.05) is 10.6 Å². The van der Waals surface area contributed by atoms with E-state index in [4.69, 9.17) is 0 Å². The summed E-state index contributed by atoms with van der Waals surface area (Å²) in [6, 6.07) is 20.2. The van der Waals surface area contributed by atoms with Gasteiger partial charge in [-0.2, -0.15) is 5.10 Å². The van der Waals surface area contributed by atoms with Crippen molar-refractivity contribution in [2.45, 2.75) is 13.8 Å². The molecule has 1 heterocycles. The largest absolute Gasteiger partial charge is 0.322 e. The number of anilines is 2. The molecule has 144 valence electrons. The van der Waals surface area contributed by atoms with Gasteiger partial charge in [0, 0.05) is 16.8 Å². The van der Waals surface area contributed by atoms with Crippen LogP contribution >= 0.6 is 0 Å². The van der Waals surface area contributed by atoms with Gasteiger partial charge in [0.1, 0.15) is 0 Å². The Morgan fingerprint density at radius 3 is 2.28 bits per heavy atom. The van der Waals surface area contributed by atoms with Crippen molar-refractivity contribution in [3.8, 4) is 0 Å². The Hall–Kier alpha value is -3.93. The molecule has 2 amide bonds. The lowest BCUT2D eigenvalue weighted by Gasteiger charge is -2.09. The number of rotatable bonds is 4. The number of aryl methyl sites for hydroxylation is 2. The average Bonchev–Trinajstić information content (AvgIpc) is 3.05. The molecule has 0 saturated carbocycles. The minimum atomic E-state index is -0.232. The van der Waals surface area contributed by atoms with Crippen molar-refractivity contribution in [3.63, 3.8) is 0 Å². The van der Waals surface area contributed by atoms with Crippen LogP contribution in [0.5, 0.6) is 0 Å². The van der Waals surface area contributed by atoms with Gasteiger partial charge < -0.3 is 10.6 Å². The minimum Gasteiger partial charge on any atom is -0.322 e. The smallest absolute Gasteiger partial charge is 0.256 e. The normalized spacial score (nSPS) is 10.7. The molecule has 1 aromatic heterocycles. The summed E-state index contributed by atoms with van der Waals surface area (Å²) >= 11 is 0. The van der Waals surface area contributed by atoms with Gasteiger partial charge in [0.05, 0.1) is 17.1 Å². The molecular weight excluding hydrogens is 364 g/mol. The Balaban J connectivity index is 1.49. The number of H-pyrrole nitrogens is 1. The summed E-state index contributed by atoms with van der Waals surface area (Å²) in [4.78, 5) is 25.2. The van der Waals surface area contributed by atoms with E-state index in [0.717, 1.165) is 22.2 Å². The number of benzene rings is 3. The van der Waals surface area contributed by atoms with Gasteiger partial charge in [-0.3, -0.25) is 14.7 Å². The first-order chi connectivity index (χ1) is 14.0. The predicted octanol–water partition coefficient (Wildman–Crippen LogP) is 4.68. The monoisotopic (exact) mass is 384 g/mol. The second-order valence-corrected chi connectivity index (χ2v) is 6.82. The second kappa shape index (κ2) is 7.59. The fraction of sp³-hybridized carbons (Fsp3) is 0.0870. The van der Waals surface area contributed by atoms with Gasteiger partial charge in [-0.1, -0.05) is 36.4 Å². The first kappa shape index (κ1) is 18.4. The molecule has 0 aliphatic carbocycles. The van der Waals surface area contributed by atoms with Crippen LogP contribution in [-0.2, 0) is 0 Å². The number of aromatic amines is 1. The molecule has 0 saturated heterocycles. The van der Waals surface area contributed by atoms with Crippen LogP contribution in [0, 0.1) is 13.8 Å². The minimum absolute atomic E-state index is 0.191. The van der Waals surface area contributed by atoms with Crippen LogP contribution in [0.25, 0.3) is 10.8 Å². The van der Waals surface area contributed by atoms with E-state index in [1.54, 1.807) is 30.3 Å². The van der Waals surface area contributed by atoms with Crippen molar-refractivity contribution in [1.82, 2.24) is 10.2 Å². The van der Waals surface area contributed by atoms with Gasteiger partial charge in [-0.05, 0) is 55.0 Å². The Kier molecular flexibility index (Phi) is 4.83. The number of hydrogen-bond donors (Lipinski definition) is 3. The summed E-state index contributed by atoms with van der Waals surface area (Å²) in [6.45, 7) is 3.67. The molecule has 6 nitrogen and oxygen atoms in total. The fourth-order valence-electron chi connectivity index (χ4n) is 3.25. The Morgan fingerprint density at radius 1 is 0.828 bits per heavy atom. The van der Waals surface area contributed by atoms with Gasteiger partial charge >= 0.3 is 0 Å². The third kappa shape index (κ3) is 3.73. The topological polar surface area (TPSA) is 86.9 Å². The Morgan fingerprint density at radius 2 is 1.55 bits per heavy atom. The summed E-state index contributed by atoms with van der Waals surface area (Å²) in [5.74, 6) is -0.423. The molecule has 0 aliphatic heterocycles. The lowest BCUT2D eigenvalue weighted by molar-refractivity contribution is 0.102. The Bertz CT molecular complexity index is 1180. The van der Waals surface area contributed by atoms with Gasteiger partial charge in [-0.15, -0.1) is 0 Å². The van der Waals surface area contributed by atoms with Crippen molar-refractivity contribution in [3.05, 3.63) is 89.2 Å². The van der Waals surface area contributed by atoms with Crippen molar-refractivity contribution in [1.29, 1.82) is 0 Å². The maximum Gasteiger partial charge on any atom is 0.256 e. The lowest BCUT2D eigenvalue weighted by Crippen LogP contribution is -2.14. The summed E-state index contributed by atoms with van der Waals surface area (Å²) < 4.78 is 0. The van der Waals surface area contributed by atoms with Crippen LogP contribution in [0.2, 0.25) is 0 Å². The molecule has 0 radical (unpaired) electrons. The molecule has 0 bridgehead atoms. The highest BCUT2D eigenvalue weighted by atomic mass is 16.2. The zero-order valence-corrected chi connectivity index (χ0v) is 16.1. The number of hydrogen-bond acceptors (Lipinski definition) is 3. The molecule has 3 N–H and O–H groups in total. The molecular formula is C23H20N4O2. The van der Waals surface area contributed by atoms with E-state index in [9.17, 15) is 9.59 Å². The number of aromatic nitrogens is 2. The molecule has 0 spiro atoms. The lowest BCUT2D eigenvalue weighted by atomic mass is 10.0. The summed E-state index contributed by atoms with van der Waals surface area (Å²) in [7, 11) is 0. The number of nitrogens with one attached hydrogen (secondary N) is 3. The summed E-state index contributed by atoms with van der Waals surface area (Å²) in [6.07, 6.45) is 0. The van der Waals surface area contributed by atoms with E-state index in [-0.39, 0.29) is 11.8 Å². The van der Waals surface area contributed by atoms with Crippen LogP contribution in [0.15, 0.2) is 66.7 Å². The van der Waals surface area contributed by atoms with Crippen molar-refractivity contribution >= 4 is 34.0 Å². The maximum atomic E-state index is 12.7. The highest BCUT2D eigenvalue weighted by Crippen LogP contribution is 2.21. The average molecular weight is 384 g/mol. The highest BCUT2D eigenvalue weighted by Gasteiger charge is 2.13. The maximum absolute atomic E-state index is 12.7. The Labute approximate surface area is 168 Å². The van der Waals surface area contributed by atoms with Gasteiger partial charge in [0.25, 0.3) is 11.8 Å². The second-order valence-electron chi connectivity index (χ2n) is 6.82. The highest BCUT2D eigenvalue weighted by molar-refractivity contribution is 6.13. The predicted molar refractivity (Wildman–Crippen MR) is 114 cm³/mol. The third-order valence-corrected chi connectivity index (χ3v) is 4.81. The van der Waals surface area contributed by atoms with E-state index >= 15 is 0 Å². The van der Waals surface area contributed by atoms with Crippen molar-refractivity contribution < 1.29 is 9.59 Å². The molecule has 4 aromatic rings. The molecule has 29 heavy (non-hydrogen) atoms. The first-order valence-corrected chi connectivity index (χ1v) is 9.25. The van der Waals surface area contributed by atoms with Crippen LogP contribution in [0.4, 0.5) is 11.4 Å². The first-order valence-electron chi connectivity index (χ1n) is 9.25. The van der Waals surface area contributed by atoms with Gasteiger partial charge in [0.15, 0.2) is 0 Å². The molecule has 0 aliphatic rings. The summed E-state index contributed by atoms with van der Waals surface area (Å²) in [5.41, 5.74) is 3.94. The fourth-order valence-corrected chi connectivity index (χ4v) is 3.25. The van der Waals surface area contributed by atoms with Crippen molar-refractivity contribution in [2.24, 2.45) is 0 Å². The SMILES string of the molecule is Cc1n[nH]c(C)c1NC(=O)c1ccc(NC(=O)c2cccc3ccccc23)cc1. The van der Waals surface area contributed by atoms with Crippen LogP contribution in [0.3, 0.4) is 0 Å². The number of fused-ring (bicyclic) bond motifs is 1. The molecule has 4 rings (SSSR count). The number of carbonyl (C=O) groups excluding carboxylic acids is 2. The standard InChI is InChI=1S/C23H20N4O2/c1-14-21(15(2)27-26-14)25-22(28)17-10-12-18(13-11-17)24-23(29)20-9-5-7-16-6-3-4-8-19(16)20/h3-13H,1-2H3,(H,24,29)(H,25,28)(H,26,27). The van der Waals surface area contributed by atoms with E-state index in [1.165, 1.54) is 0 Å². The molecule has 0 atom stereocenters.